The average Bonchev–Trinajstić information content (AvgIpc) is 2.81. The third-order valence-corrected chi connectivity index (χ3v) is 3.04. The zero-order chi connectivity index (χ0) is 11.5. The predicted molar refractivity (Wildman–Crippen MR) is 63.4 cm³/mol. The Balaban J connectivity index is 2.40. The van der Waals surface area contributed by atoms with Crippen LogP contribution in [0.5, 0.6) is 5.75 Å². The van der Waals surface area contributed by atoms with Gasteiger partial charge in [0.2, 0.25) is 0 Å². The summed E-state index contributed by atoms with van der Waals surface area (Å²) in [7, 11) is 1.59. The van der Waals surface area contributed by atoms with Gasteiger partial charge in [-0.3, -0.25) is 0 Å². The van der Waals surface area contributed by atoms with Crippen molar-refractivity contribution in [2.24, 2.45) is 5.11 Å². The Kier molecular flexibility index (Phi) is 3.08. The molecule has 4 nitrogen and oxygen atoms in total. The lowest BCUT2D eigenvalue weighted by Crippen LogP contribution is -2.17. The zero-order valence-electron chi connectivity index (χ0n) is 9.73. The number of ether oxygens (including phenoxy) is 1. The van der Waals surface area contributed by atoms with E-state index in [1.165, 1.54) is 12.8 Å². The summed E-state index contributed by atoms with van der Waals surface area (Å²) in [6.07, 6.45) is 2.49. The van der Waals surface area contributed by atoms with Crippen molar-refractivity contribution >= 4 is 11.4 Å². The summed E-state index contributed by atoms with van der Waals surface area (Å²) in [4.78, 5) is 2.33. The van der Waals surface area contributed by atoms with Crippen LogP contribution in [0.3, 0.4) is 0 Å². The molecule has 0 spiro atoms. The zero-order valence-corrected chi connectivity index (χ0v) is 9.73. The second-order valence-electron chi connectivity index (χ2n) is 4.11. The van der Waals surface area contributed by atoms with Gasteiger partial charge in [0.15, 0.2) is 0 Å². The fraction of sp³-hybridized carbons (Fsp3) is 0.500. The van der Waals surface area contributed by atoms with E-state index in [1.807, 2.05) is 19.1 Å². The molecule has 2 rings (SSSR count). The van der Waals surface area contributed by atoms with Crippen LogP contribution in [0.25, 0.3) is 0 Å². The van der Waals surface area contributed by atoms with Crippen LogP contribution in [0.4, 0.5) is 11.4 Å². The first-order valence-corrected chi connectivity index (χ1v) is 5.55. The third-order valence-electron chi connectivity index (χ3n) is 3.04. The molecule has 0 N–H and O–H groups in total. The van der Waals surface area contributed by atoms with Crippen molar-refractivity contribution < 1.29 is 4.74 Å². The van der Waals surface area contributed by atoms with E-state index in [0.717, 1.165) is 24.3 Å². The molecule has 0 bridgehead atoms. The number of aryl methyl sites for hydroxylation is 1. The first-order valence-electron chi connectivity index (χ1n) is 5.55. The molecule has 1 aliphatic rings. The number of nitrogens with zero attached hydrogens (tertiary/aromatic N) is 3. The predicted octanol–water partition coefficient (Wildman–Crippen LogP) is 2.49. The summed E-state index contributed by atoms with van der Waals surface area (Å²) in [5.74, 6) is 0.629. The van der Waals surface area contributed by atoms with Crippen molar-refractivity contribution in [1.29, 1.82) is 0 Å². The van der Waals surface area contributed by atoms with Crippen LogP contribution in [0.2, 0.25) is 0 Å². The van der Waals surface area contributed by atoms with Gasteiger partial charge in [0.25, 0.3) is 0 Å². The summed E-state index contributed by atoms with van der Waals surface area (Å²) in [6, 6.07) is 3.98. The molecule has 4 heteroatoms. The second kappa shape index (κ2) is 4.51. The molecule has 1 aromatic rings. The van der Waals surface area contributed by atoms with Crippen molar-refractivity contribution in [2.45, 2.75) is 19.8 Å². The molecule has 1 radical (unpaired) electrons. The van der Waals surface area contributed by atoms with Crippen molar-refractivity contribution in [3.8, 4) is 5.75 Å². The van der Waals surface area contributed by atoms with E-state index >= 15 is 0 Å². The molecule has 0 aromatic heterocycles. The smallest absolute Gasteiger partial charge is 0.148 e. The van der Waals surface area contributed by atoms with Crippen molar-refractivity contribution in [3.63, 3.8) is 0 Å². The van der Waals surface area contributed by atoms with Crippen molar-refractivity contribution in [3.05, 3.63) is 17.7 Å². The van der Waals surface area contributed by atoms with Gasteiger partial charge in [0.1, 0.15) is 11.4 Å². The van der Waals surface area contributed by atoms with Gasteiger partial charge in [-0.15, -0.1) is 5.11 Å². The van der Waals surface area contributed by atoms with Crippen LogP contribution in [0, 0.1) is 6.92 Å². The van der Waals surface area contributed by atoms with Gasteiger partial charge in [0.05, 0.1) is 7.11 Å². The molecule has 0 atom stereocenters. The van der Waals surface area contributed by atoms with E-state index in [9.17, 15) is 0 Å². The van der Waals surface area contributed by atoms with E-state index in [4.69, 9.17) is 10.3 Å². The lowest BCUT2D eigenvalue weighted by molar-refractivity contribution is 0.415. The van der Waals surface area contributed by atoms with Gasteiger partial charge in [-0.25, -0.2) is 0 Å². The summed E-state index contributed by atoms with van der Waals surface area (Å²) in [6.45, 7) is 4.12. The highest BCUT2D eigenvalue weighted by atomic mass is 16.5. The van der Waals surface area contributed by atoms with E-state index in [1.54, 1.807) is 7.11 Å². The van der Waals surface area contributed by atoms with E-state index < -0.39 is 0 Å². The molecule has 0 unspecified atom stereocenters. The Hall–Kier alpha value is -1.58. The molecule has 1 aromatic carbocycles. The first kappa shape index (κ1) is 10.9. The van der Waals surface area contributed by atoms with E-state index in [0.29, 0.717) is 11.4 Å². The summed E-state index contributed by atoms with van der Waals surface area (Å²) >= 11 is 0. The summed E-state index contributed by atoms with van der Waals surface area (Å²) in [5, 5.41) is 3.27. The Bertz CT molecular complexity index is 397. The van der Waals surface area contributed by atoms with Gasteiger partial charge in [-0.1, -0.05) is 0 Å². The quantitative estimate of drug-likeness (QED) is 0.732. The fourth-order valence-corrected chi connectivity index (χ4v) is 2.17. The number of rotatable bonds is 3. The monoisotopic (exact) mass is 218 g/mol. The molecule has 1 heterocycles. The minimum atomic E-state index is 0.519. The molecule has 85 valence electrons. The Labute approximate surface area is 95.7 Å². The standard InChI is InChI=1S/C12H16N3O/c1-9-7-10(15-5-3-4-6-15)8-11(16-2)12(9)14-13/h7-8H,3-6H2,1-2H3. The molecular weight excluding hydrogens is 202 g/mol. The van der Waals surface area contributed by atoms with Gasteiger partial charge < -0.3 is 9.64 Å². The molecule has 0 saturated carbocycles. The van der Waals surface area contributed by atoms with Crippen LogP contribution in [0.1, 0.15) is 18.4 Å². The maximum absolute atomic E-state index is 8.92. The van der Waals surface area contributed by atoms with Crippen molar-refractivity contribution in [1.82, 2.24) is 5.53 Å². The molecule has 0 aliphatic carbocycles. The lowest BCUT2D eigenvalue weighted by Gasteiger charge is -2.19. The number of hydrogen-bond donors (Lipinski definition) is 0. The van der Waals surface area contributed by atoms with Gasteiger partial charge in [0, 0.05) is 24.8 Å². The van der Waals surface area contributed by atoms with Crippen LogP contribution >= 0.6 is 0 Å². The minimum Gasteiger partial charge on any atom is -0.494 e. The van der Waals surface area contributed by atoms with Crippen LogP contribution in [-0.4, -0.2) is 20.2 Å². The van der Waals surface area contributed by atoms with Crippen LogP contribution < -0.4 is 15.2 Å². The lowest BCUT2D eigenvalue weighted by atomic mass is 10.1. The largest absolute Gasteiger partial charge is 0.494 e. The molecule has 0 amide bonds. The molecule has 1 saturated heterocycles. The maximum atomic E-state index is 8.92. The van der Waals surface area contributed by atoms with Gasteiger partial charge in [-0.05, 0) is 36.9 Å². The average molecular weight is 218 g/mol. The SMILES string of the molecule is COc1cc(N2CCCC2)cc(C)c1N=[N]. The minimum absolute atomic E-state index is 0.519. The first-order chi connectivity index (χ1) is 7.76. The molecule has 16 heavy (non-hydrogen) atoms. The number of hydrogen-bond acceptors (Lipinski definition) is 3. The number of benzene rings is 1. The van der Waals surface area contributed by atoms with E-state index in [2.05, 4.69) is 10.0 Å². The molecule has 1 aliphatic heterocycles. The topological polar surface area (TPSA) is 47.1 Å². The van der Waals surface area contributed by atoms with Crippen LogP contribution in [-0.2, 0) is 0 Å². The second-order valence-corrected chi connectivity index (χ2v) is 4.11. The highest BCUT2D eigenvalue weighted by molar-refractivity contribution is 5.66. The number of methoxy groups -OCH3 is 1. The maximum Gasteiger partial charge on any atom is 0.148 e. The Morgan fingerprint density at radius 3 is 2.56 bits per heavy atom. The van der Waals surface area contributed by atoms with E-state index in [-0.39, 0.29) is 0 Å². The van der Waals surface area contributed by atoms with Crippen LogP contribution in [0.15, 0.2) is 17.2 Å². The fourth-order valence-electron chi connectivity index (χ4n) is 2.17. The summed E-state index contributed by atoms with van der Waals surface area (Å²) in [5.41, 5.74) is 11.5. The Morgan fingerprint density at radius 2 is 2.00 bits per heavy atom. The summed E-state index contributed by atoms with van der Waals surface area (Å²) < 4.78 is 5.24. The third kappa shape index (κ3) is 1.87. The number of anilines is 1. The Morgan fingerprint density at radius 1 is 1.31 bits per heavy atom. The highest BCUT2D eigenvalue weighted by Gasteiger charge is 2.16. The molecule has 1 fully saturated rings. The normalized spacial score (nSPS) is 15.2. The van der Waals surface area contributed by atoms with Gasteiger partial charge >= 0.3 is 0 Å². The highest BCUT2D eigenvalue weighted by Crippen LogP contribution is 2.36. The van der Waals surface area contributed by atoms with Gasteiger partial charge in [-0.2, -0.15) is 0 Å². The van der Waals surface area contributed by atoms with Crippen molar-refractivity contribution in [2.75, 3.05) is 25.1 Å². The molecular formula is C12H16N3O.